The van der Waals surface area contributed by atoms with Crippen LogP contribution in [0.4, 0.5) is 0 Å². The van der Waals surface area contributed by atoms with Crippen LogP contribution in [0.1, 0.15) is 38.8 Å². The topological polar surface area (TPSA) is 64.7 Å². The predicted octanol–water partition coefficient (Wildman–Crippen LogP) is 2.23. The van der Waals surface area contributed by atoms with Gasteiger partial charge in [-0.05, 0) is 32.8 Å². The minimum absolute atomic E-state index is 0.159. The lowest BCUT2D eigenvalue weighted by Gasteiger charge is -2.22. The van der Waals surface area contributed by atoms with E-state index in [4.69, 9.17) is 20.3 Å². The van der Waals surface area contributed by atoms with Gasteiger partial charge in [-0.25, -0.2) is 0 Å². The van der Waals surface area contributed by atoms with Crippen LogP contribution in [0.5, 0.6) is 0 Å². The Bertz CT molecular complexity index is 352. The standard InChI is InChI=1S/C8H11N.C7H14O3/c1-7(9)8-5-3-2-4-6-8;1-7(2)9-4-3-6(8)5-10-7/h2-7H,9H2,1H3;6,8H,3-5H2,1-2H3. The molecule has 19 heavy (non-hydrogen) atoms. The van der Waals surface area contributed by atoms with Crippen LogP contribution in [0.25, 0.3) is 0 Å². The normalized spacial score (nSPS) is 23.7. The number of nitrogens with two attached hydrogens (primary N) is 1. The Balaban J connectivity index is 0.000000191. The van der Waals surface area contributed by atoms with Crippen molar-refractivity contribution in [2.75, 3.05) is 13.2 Å². The van der Waals surface area contributed by atoms with Crippen molar-refractivity contribution in [3.05, 3.63) is 35.9 Å². The van der Waals surface area contributed by atoms with Crippen LogP contribution in [0.15, 0.2) is 30.3 Å². The lowest BCUT2D eigenvalue weighted by molar-refractivity contribution is -0.203. The maximum atomic E-state index is 9.12. The summed E-state index contributed by atoms with van der Waals surface area (Å²) >= 11 is 0. The predicted molar refractivity (Wildman–Crippen MR) is 75.7 cm³/mol. The van der Waals surface area contributed by atoms with Gasteiger partial charge in [-0.1, -0.05) is 30.3 Å². The van der Waals surface area contributed by atoms with E-state index < -0.39 is 5.79 Å². The Morgan fingerprint density at radius 3 is 2.42 bits per heavy atom. The number of hydrogen-bond acceptors (Lipinski definition) is 4. The molecule has 1 fully saturated rings. The van der Waals surface area contributed by atoms with Crippen LogP contribution in [0, 0.1) is 0 Å². The number of ether oxygens (including phenoxy) is 2. The second-order valence-electron chi connectivity index (χ2n) is 5.20. The first-order valence-electron chi connectivity index (χ1n) is 6.67. The first-order valence-corrected chi connectivity index (χ1v) is 6.67. The maximum Gasteiger partial charge on any atom is 0.162 e. The molecular weight excluding hydrogens is 242 g/mol. The van der Waals surface area contributed by atoms with Crippen molar-refractivity contribution in [1.29, 1.82) is 0 Å². The molecule has 1 aromatic rings. The molecule has 3 N–H and O–H groups in total. The van der Waals surface area contributed by atoms with Gasteiger partial charge in [0.15, 0.2) is 5.79 Å². The van der Waals surface area contributed by atoms with Crippen molar-refractivity contribution in [3.63, 3.8) is 0 Å². The SMILES string of the molecule is CC(N)c1ccccc1.CC1(C)OCCC(O)CO1. The average molecular weight is 267 g/mol. The van der Waals surface area contributed by atoms with Crippen molar-refractivity contribution < 1.29 is 14.6 Å². The zero-order valence-electron chi connectivity index (χ0n) is 12.0. The lowest BCUT2D eigenvalue weighted by atomic mass is 10.1. The Kier molecular flexibility index (Phi) is 6.45. The molecule has 1 aliphatic rings. The van der Waals surface area contributed by atoms with Gasteiger partial charge in [-0.2, -0.15) is 0 Å². The average Bonchev–Trinajstić information content (AvgIpc) is 2.53. The molecule has 1 aromatic carbocycles. The van der Waals surface area contributed by atoms with E-state index in [1.807, 2.05) is 51.1 Å². The minimum atomic E-state index is -0.516. The number of aliphatic hydroxyl groups excluding tert-OH is 1. The molecular formula is C15H25NO3. The molecule has 4 heteroatoms. The summed E-state index contributed by atoms with van der Waals surface area (Å²) in [7, 11) is 0. The molecule has 2 unspecified atom stereocenters. The zero-order valence-corrected chi connectivity index (χ0v) is 12.0. The fourth-order valence-corrected chi connectivity index (χ4v) is 1.62. The molecule has 1 heterocycles. The molecule has 4 nitrogen and oxygen atoms in total. The van der Waals surface area contributed by atoms with Gasteiger partial charge >= 0.3 is 0 Å². The minimum Gasteiger partial charge on any atom is -0.391 e. The molecule has 0 bridgehead atoms. The van der Waals surface area contributed by atoms with Gasteiger partial charge in [-0.3, -0.25) is 0 Å². The largest absolute Gasteiger partial charge is 0.391 e. The van der Waals surface area contributed by atoms with E-state index in [2.05, 4.69) is 0 Å². The van der Waals surface area contributed by atoms with Crippen molar-refractivity contribution in [2.24, 2.45) is 5.73 Å². The Labute approximate surface area is 115 Å². The fraction of sp³-hybridized carbons (Fsp3) is 0.600. The van der Waals surface area contributed by atoms with E-state index in [0.29, 0.717) is 19.6 Å². The van der Waals surface area contributed by atoms with Crippen LogP contribution < -0.4 is 5.73 Å². The Morgan fingerprint density at radius 1 is 1.26 bits per heavy atom. The van der Waals surface area contributed by atoms with Crippen LogP contribution in [0.3, 0.4) is 0 Å². The van der Waals surface area contributed by atoms with E-state index in [0.717, 1.165) is 0 Å². The van der Waals surface area contributed by atoms with Gasteiger partial charge in [0.05, 0.1) is 19.3 Å². The van der Waals surface area contributed by atoms with Gasteiger partial charge in [0.2, 0.25) is 0 Å². The Morgan fingerprint density at radius 2 is 1.89 bits per heavy atom. The van der Waals surface area contributed by atoms with Crippen LogP contribution in [0.2, 0.25) is 0 Å². The summed E-state index contributed by atoms with van der Waals surface area (Å²) in [5.74, 6) is -0.516. The fourth-order valence-electron chi connectivity index (χ4n) is 1.62. The summed E-state index contributed by atoms with van der Waals surface area (Å²) in [4.78, 5) is 0. The molecule has 0 aliphatic carbocycles. The van der Waals surface area contributed by atoms with Crippen LogP contribution in [-0.4, -0.2) is 30.2 Å². The van der Waals surface area contributed by atoms with Crippen LogP contribution in [-0.2, 0) is 9.47 Å². The molecule has 0 aromatic heterocycles. The smallest absolute Gasteiger partial charge is 0.162 e. The highest BCUT2D eigenvalue weighted by atomic mass is 16.7. The molecule has 2 atom stereocenters. The molecule has 1 aliphatic heterocycles. The maximum absolute atomic E-state index is 9.12. The Hall–Kier alpha value is -0.940. The molecule has 2 rings (SSSR count). The van der Waals surface area contributed by atoms with Crippen molar-refractivity contribution in [1.82, 2.24) is 0 Å². The number of hydrogen-bond donors (Lipinski definition) is 2. The summed E-state index contributed by atoms with van der Waals surface area (Å²) in [6.07, 6.45) is 0.311. The third-order valence-corrected chi connectivity index (χ3v) is 2.85. The second-order valence-corrected chi connectivity index (χ2v) is 5.20. The second kappa shape index (κ2) is 7.60. The number of benzene rings is 1. The first-order chi connectivity index (χ1) is 8.91. The monoisotopic (exact) mass is 267 g/mol. The van der Waals surface area contributed by atoms with Gasteiger partial charge in [0, 0.05) is 6.04 Å². The third kappa shape index (κ3) is 6.68. The van der Waals surface area contributed by atoms with Crippen molar-refractivity contribution in [2.45, 2.75) is 45.1 Å². The van der Waals surface area contributed by atoms with Crippen LogP contribution >= 0.6 is 0 Å². The van der Waals surface area contributed by atoms with E-state index in [1.54, 1.807) is 0 Å². The number of rotatable bonds is 1. The quantitative estimate of drug-likeness (QED) is 0.819. The van der Waals surface area contributed by atoms with Gasteiger partial charge < -0.3 is 20.3 Å². The highest BCUT2D eigenvalue weighted by molar-refractivity contribution is 5.17. The zero-order chi connectivity index (χ0) is 14.3. The summed E-state index contributed by atoms with van der Waals surface area (Å²) < 4.78 is 10.5. The van der Waals surface area contributed by atoms with Gasteiger partial charge in [0.25, 0.3) is 0 Å². The van der Waals surface area contributed by atoms with E-state index in [1.165, 1.54) is 5.56 Å². The molecule has 1 saturated heterocycles. The summed E-state index contributed by atoms with van der Waals surface area (Å²) in [6.45, 7) is 6.65. The first kappa shape index (κ1) is 16.1. The third-order valence-electron chi connectivity index (χ3n) is 2.85. The number of aliphatic hydroxyl groups is 1. The molecule has 0 spiro atoms. The van der Waals surface area contributed by atoms with E-state index >= 15 is 0 Å². The van der Waals surface area contributed by atoms with Crippen molar-refractivity contribution >= 4 is 0 Å². The van der Waals surface area contributed by atoms with Gasteiger partial charge in [0.1, 0.15) is 0 Å². The summed E-state index contributed by atoms with van der Waals surface area (Å²) in [5.41, 5.74) is 6.81. The summed E-state index contributed by atoms with van der Waals surface area (Å²) in [6, 6.07) is 10.2. The van der Waals surface area contributed by atoms with E-state index in [-0.39, 0.29) is 12.1 Å². The van der Waals surface area contributed by atoms with Gasteiger partial charge in [-0.15, -0.1) is 0 Å². The highest BCUT2D eigenvalue weighted by Crippen LogP contribution is 2.16. The molecule has 0 amide bonds. The van der Waals surface area contributed by atoms with E-state index in [9.17, 15) is 0 Å². The molecule has 0 radical (unpaired) electrons. The molecule has 108 valence electrons. The summed E-state index contributed by atoms with van der Waals surface area (Å²) in [5, 5.41) is 9.12. The highest BCUT2D eigenvalue weighted by Gasteiger charge is 2.24. The lowest BCUT2D eigenvalue weighted by Crippen LogP contribution is -2.27. The molecule has 0 saturated carbocycles. The van der Waals surface area contributed by atoms with Crippen molar-refractivity contribution in [3.8, 4) is 0 Å².